The van der Waals surface area contributed by atoms with Crippen LogP contribution in [0.1, 0.15) is 10.4 Å². The van der Waals surface area contributed by atoms with E-state index in [1.165, 1.54) is 7.11 Å². The average molecular weight is 331 g/mol. The Labute approximate surface area is 139 Å². The van der Waals surface area contributed by atoms with Gasteiger partial charge in [0.1, 0.15) is 11.8 Å². The molecule has 0 radical (unpaired) electrons. The van der Waals surface area contributed by atoms with Crippen LogP contribution in [-0.4, -0.2) is 35.9 Å². The van der Waals surface area contributed by atoms with E-state index in [2.05, 4.69) is 17.9 Å². The van der Waals surface area contributed by atoms with Crippen LogP contribution in [0.4, 0.5) is 0 Å². The molecule has 1 atom stereocenters. The minimum absolute atomic E-state index is 0.00308. The fourth-order valence-corrected chi connectivity index (χ4v) is 2.46. The highest BCUT2D eigenvalue weighted by Crippen LogP contribution is 2.30. The Balaban J connectivity index is 2.47. The first-order valence-electron chi connectivity index (χ1n) is 6.95. The van der Waals surface area contributed by atoms with Gasteiger partial charge in [-0.3, -0.25) is 4.79 Å². The van der Waals surface area contributed by atoms with E-state index in [1.54, 1.807) is 18.2 Å². The number of carbonyl (C=O) groups excluding carboxylic acids is 1. The number of carbonyl (C=O) groups is 2. The number of ether oxygens (including phenoxy) is 1. The minimum atomic E-state index is -1.13. The van der Waals surface area contributed by atoms with Crippen molar-refractivity contribution in [1.82, 2.24) is 5.32 Å². The summed E-state index contributed by atoms with van der Waals surface area (Å²) < 4.78 is 5.28. The van der Waals surface area contributed by atoms with Crippen LogP contribution in [0.25, 0.3) is 11.1 Å². The van der Waals surface area contributed by atoms with E-state index in [1.807, 2.05) is 30.3 Å². The van der Waals surface area contributed by atoms with Crippen molar-refractivity contribution in [3.05, 3.63) is 54.1 Å². The van der Waals surface area contributed by atoms with Crippen molar-refractivity contribution >= 4 is 24.5 Å². The van der Waals surface area contributed by atoms with Gasteiger partial charge in [-0.15, -0.1) is 0 Å². The lowest BCUT2D eigenvalue weighted by atomic mass is 9.98. The largest absolute Gasteiger partial charge is 0.496 e. The lowest BCUT2D eigenvalue weighted by molar-refractivity contribution is -0.138. The van der Waals surface area contributed by atoms with Gasteiger partial charge in [0.2, 0.25) is 0 Å². The molecule has 23 heavy (non-hydrogen) atoms. The van der Waals surface area contributed by atoms with E-state index in [4.69, 9.17) is 9.84 Å². The number of carboxylic acid groups (broad SMARTS) is 1. The van der Waals surface area contributed by atoms with Gasteiger partial charge in [0.05, 0.1) is 12.7 Å². The highest BCUT2D eigenvalue weighted by Gasteiger charge is 2.23. The number of thiol groups is 1. The summed E-state index contributed by atoms with van der Waals surface area (Å²) in [5.74, 6) is -1.27. The maximum atomic E-state index is 12.6. The van der Waals surface area contributed by atoms with Gasteiger partial charge in [0.25, 0.3) is 5.91 Å². The number of aliphatic carboxylic acids is 1. The van der Waals surface area contributed by atoms with Crippen LogP contribution in [0.3, 0.4) is 0 Å². The molecule has 2 rings (SSSR count). The van der Waals surface area contributed by atoms with Gasteiger partial charge in [-0.05, 0) is 17.2 Å². The second kappa shape index (κ2) is 7.69. The van der Waals surface area contributed by atoms with Crippen LogP contribution in [0.5, 0.6) is 5.75 Å². The summed E-state index contributed by atoms with van der Waals surface area (Å²) in [4.78, 5) is 23.7. The van der Waals surface area contributed by atoms with E-state index in [-0.39, 0.29) is 5.75 Å². The van der Waals surface area contributed by atoms with Gasteiger partial charge in [0.15, 0.2) is 0 Å². The Bertz CT molecular complexity index is 703. The van der Waals surface area contributed by atoms with Crippen molar-refractivity contribution in [3.63, 3.8) is 0 Å². The third kappa shape index (κ3) is 3.84. The number of benzene rings is 2. The van der Waals surface area contributed by atoms with Crippen LogP contribution in [0, 0.1) is 0 Å². The molecule has 0 fully saturated rings. The zero-order chi connectivity index (χ0) is 16.8. The summed E-state index contributed by atoms with van der Waals surface area (Å²) in [6, 6.07) is 13.5. The topological polar surface area (TPSA) is 75.6 Å². The minimum Gasteiger partial charge on any atom is -0.496 e. The van der Waals surface area contributed by atoms with Crippen LogP contribution < -0.4 is 10.1 Å². The molecule has 0 bridgehead atoms. The van der Waals surface area contributed by atoms with E-state index in [0.29, 0.717) is 16.9 Å². The molecule has 6 heteroatoms. The fourth-order valence-electron chi connectivity index (χ4n) is 2.21. The van der Waals surface area contributed by atoms with E-state index in [9.17, 15) is 9.59 Å². The average Bonchev–Trinajstić information content (AvgIpc) is 2.59. The SMILES string of the molecule is COc1cccc(-c2ccccc2)c1C(=O)N[C@@H](CS)C(=O)O. The molecule has 0 aliphatic carbocycles. The van der Waals surface area contributed by atoms with Crippen molar-refractivity contribution < 1.29 is 19.4 Å². The molecule has 0 aliphatic rings. The number of nitrogens with one attached hydrogen (secondary N) is 1. The van der Waals surface area contributed by atoms with Crippen molar-refractivity contribution in [2.45, 2.75) is 6.04 Å². The first-order chi connectivity index (χ1) is 11.1. The predicted octanol–water partition coefficient (Wildman–Crippen LogP) is 2.48. The lowest BCUT2D eigenvalue weighted by Crippen LogP contribution is -2.42. The number of hydrogen-bond acceptors (Lipinski definition) is 4. The molecule has 0 saturated heterocycles. The van der Waals surface area contributed by atoms with Crippen molar-refractivity contribution in [2.75, 3.05) is 12.9 Å². The smallest absolute Gasteiger partial charge is 0.327 e. The number of methoxy groups -OCH3 is 1. The standard InChI is InChI=1S/C17H17NO4S/c1-22-14-9-5-8-12(11-6-3-2-4-7-11)15(14)16(19)18-13(10-23)17(20)21/h2-9,13,23H,10H2,1H3,(H,18,19)(H,20,21)/t13-/m0/s1. The molecule has 0 unspecified atom stereocenters. The van der Waals surface area contributed by atoms with Gasteiger partial charge in [-0.2, -0.15) is 12.6 Å². The zero-order valence-corrected chi connectivity index (χ0v) is 13.4. The molecule has 0 heterocycles. The molecule has 2 aromatic carbocycles. The predicted molar refractivity (Wildman–Crippen MR) is 91.2 cm³/mol. The first kappa shape index (κ1) is 16.9. The van der Waals surface area contributed by atoms with Crippen molar-refractivity contribution in [3.8, 4) is 16.9 Å². The second-order valence-electron chi connectivity index (χ2n) is 4.80. The molecule has 0 aromatic heterocycles. The van der Waals surface area contributed by atoms with Crippen LogP contribution in [-0.2, 0) is 4.79 Å². The van der Waals surface area contributed by atoms with E-state index >= 15 is 0 Å². The van der Waals surface area contributed by atoms with Crippen molar-refractivity contribution in [1.29, 1.82) is 0 Å². The lowest BCUT2D eigenvalue weighted by Gasteiger charge is -2.17. The Morgan fingerprint density at radius 3 is 2.43 bits per heavy atom. The normalized spacial score (nSPS) is 11.6. The van der Waals surface area contributed by atoms with Gasteiger partial charge in [-0.1, -0.05) is 42.5 Å². The molecule has 5 nitrogen and oxygen atoms in total. The molecule has 0 saturated carbocycles. The van der Waals surface area contributed by atoms with Crippen molar-refractivity contribution in [2.24, 2.45) is 0 Å². The summed E-state index contributed by atoms with van der Waals surface area (Å²) in [5, 5.41) is 11.6. The van der Waals surface area contributed by atoms with Gasteiger partial charge in [0, 0.05) is 5.75 Å². The highest BCUT2D eigenvalue weighted by atomic mass is 32.1. The first-order valence-corrected chi connectivity index (χ1v) is 7.58. The molecule has 2 N–H and O–H groups in total. The summed E-state index contributed by atoms with van der Waals surface area (Å²) in [5.41, 5.74) is 1.81. The van der Waals surface area contributed by atoms with Gasteiger partial charge >= 0.3 is 5.97 Å². The molecular weight excluding hydrogens is 314 g/mol. The third-order valence-corrected chi connectivity index (χ3v) is 3.71. The van der Waals surface area contributed by atoms with Crippen LogP contribution >= 0.6 is 12.6 Å². The Morgan fingerprint density at radius 2 is 1.87 bits per heavy atom. The summed E-state index contributed by atoms with van der Waals surface area (Å²) >= 11 is 3.96. The molecule has 120 valence electrons. The molecule has 0 spiro atoms. The molecule has 1 amide bonds. The third-order valence-electron chi connectivity index (χ3n) is 3.34. The number of amides is 1. The van der Waals surface area contributed by atoms with E-state index in [0.717, 1.165) is 5.56 Å². The monoisotopic (exact) mass is 331 g/mol. The molecular formula is C17H17NO4S. The maximum Gasteiger partial charge on any atom is 0.327 e. The van der Waals surface area contributed by atoms with Crippen LogP contribution in [0.15, 0.2) is 48.5 Å². The molecule has 2 aromatic rings. The Morgan fingerprint density at radius 1 is 1.17 bits per heavy atom. The van der Waals surface area contributed by atoms with E-state index < -0.39 is 17.9 Å². The Kier molecular flexibility index (Phi) is 5.65. The summed E-state index contributed by atoms with van der Waals surface area (Å²) in [7, 11) is 1.47. The zero-order valence-electron chi connectivity index (χ0n) is 12.5. The fraction of sp³-hybridized carbons (Fsp3) is 0.176. The quantitative estimate of drug-likeness (QED) is 0.711. The van der Waals surface area contributed by atoms with Gasteiger partial charge < -0.3 is 15.2 Å². The maximum absolute atomic E-state index is 12.6. The summed E-state index contributed by atoms with van der Waals surface area (Å²) in [6.07, 6.45) is 0. The second-order valence-corrected chi connectivity index (χ2v) is 5.16. The van der Waals surface area contributed by atoms with Crippen LogP contribution in [0.2, 0.25) is 0 Å². The number of carboxylic acids is 1. The molecule has 0 aliphatic heterocycles. The number of hydrogen-bond donors (Lipinski definition) is 3. The Hall–Kier alpha value is -2.47. The summed E-state index contributed by atoms with van der Waals surface area (Å²) in [6.45, 7) is 0. The van der Waals surface area contributed by atoms with Gasteiger partial charge in [-0.25, -0.2) is 4.79 Å². The number of rotatable bonds is 6. The highest BCUT2D eigenvalue weighted by molar-refractivity contribution is 7.80.